The first-order valence-corrected chi connectivity index (χ1v) is 7.27. The SMILES string of the molecule is Cc1cc(N=NC(=O)c2ccc(C#N)cc2)c2ccccc2c1O. The van der Waals surface area contributed by atoms with Crippen LogP contribution in [0.4, 0.5) is 5.69 Å². The molecule has 5 heteroatoms. The minimum absolute atomic E-state index is 0.197. The van der Waals surface area contributed by atoms with Gasteiger partial charge in [-0.2, -0.15) is 5.26 Å². The highest BCUT2D eigenvalue weighted by Crippen LogP contribution is 2.35. The fourth-order valence-corrected chi connectivity index (χ4v) is 2.40. The molecule has 1 N–H and O–H groups in total. The highest BCUT2D eigenvalue weighted by molar-refractivity contribution is 5.98. The Bertz CT molecular complexity index is 1000. The molecule has 0 aliphatic heterocycles. The van der Waals surface area contributed by atoms with Crippen LogP contribution in [0.5, 0.6) is 5.75 Å². The molecule has 0 aliphatic carbocycles. The molecule has 116 valence electrons. The Morgan fingerprint density at radius 2 is 1.75 bits per heavy atom. The van der Waals surface area contributed by atoms with Crippen molar-refractivity contribution < 1.29 is 9.90 Å². The summed E-state index contributed by atoms with van der Waals surface area (Å²) >= 11 is 0. The van der Waals surface area contributed by atoms with Gasteiger partial charge in [-0.25, -0.2) is 0 Å². The van der Waals surface area contributed by atoms with E-state index in [0.29, 0.717) is 27.8 Å². The van der Waals surface area contributed by atoms with Crippen LogP contribution in [0.15, 0.2) is 64.8 Å². The number of hydrogen-bond donors (Lipinski definition) is 1. The molecule has 0 radical (unpaired) electrons. The van der Waals surface area contributed by atoms with Gasteiger partial charge in [-0.15, -0.1) is 10.2 Å². The molecule has 0 bridgehead atoms. The van der Waals surface area contributed by atoms with Gasteiger partial charge in [-0.1, -0.05) is 24.3 Å². The summed E-state index contributed by atoms with van der Waals surface area (Å²) in [5.74, 6) is -0.294. The van der Waals surface area contributed by atoms with E-state index in [0.717, 1.165) is 5.39 Å². The second-order valence-electron chi connectivity index (χ2n) is 5.30. The molecule has 0 fully saturated rings. The van der Waals surface area contributed by atoms with E-state index in [1.165, 1.54) is 0 Å². The highest BCUT2D eigenvalue weighted by atomic mass is 16.3. The van der Waals surface area contributed by atoms with Crippen LogP contribution in [0.2, 0.25) is 0 Å². The van der Waals surface area contributed by atoms with Crippen molar-refractivity contribution in [1.29, 1.82) is 5.26 Å². The second kappa shape index (κ2) is 6.31. The fraction of sp³-hybridized carbons (Fsp3) is 0.0526. The predicted molar refractivity (Wildman–Crippen MR) is 90.4 cm³/mol. The molecule has 5 nitrogen and oxygen atoms in total. The number of benzene rings is 3. The Kier molecular flexibility index (Phi) is 4.04. The van der Waals surface area contributed by atoms with E-state index in [1.807, 2.05) is 24.3 Å². The number of phenolic OH excluding ortho intramolecular Hbond substituents is 1. The van der Waals surface area contributed by atoms with Crippen LogP contribution in [-0.2, 0) is 0 Å². The number of phenols is 1. The third kappa shape index (κ3) is 2.85. The zero-order valence-corrected chi connectivity index (χ0v) is 12.9. The molecule has 0 saturated carbocycles. The first kappa shape index (κ1) is 15.4. The van der Waals surface area contributed by atoms with Gasteiger partial charge in [0.2, 0.25) is 0 Å². The topological polar surface area (TPSA) is 85.8 Å². The van der Waals surface area contributed by atoms with Crippen LogP contribution in [0, 0.1) is 18.3 Å². The summed E-state index contributed by atoms with van der Waals surface area (Å²) < 4.78 is 0. The smallest absolute Gasteiger partial charge is 0.295 e. The average Bonchev–Trinajstić information content (AvgIpc) is 2.63. The summed E-state index contributed by atoms with van der Waals surface area (Å²) in [4.78, 5) is 12.1. The number of nitrogens with zero attached hydrogens (tertiary/aromatic N) is 3. The van der Waals surface area contributed by atoms with Crippen molar-refractivity contribution in [3.8, 4) is 11.8 Å². The van der Waals surface area contributed by atoms with Crippen molar-refractivity contribution >= 4 is 22.4 Å². The molecule has 0 heterocycles. The molecule has 0 aromatic heterocycles. The minimum atomic E-state index is -0.491. The van der Waals surface area contributed by atoms with Gasteiger partial charge in [-0.3, -0.25) is 4.79 Å². The van der Waals surface area contributed by atoms with Gasteiger partial charge < -0.3 is 5.11 Å². The van der Waals surface area contributed by atoms with E-state index in [1.54, 1.807) is 43.3 Å². The molecular formula is C19H13N3O2. The molecule has 3 aromatic carbocycles. The second-order valence-corrected chi connectivity index (χ2v) is 5.30. The number of nitriles is 1. The van der Waals surface area contributed by atoms with Crippen molar-refractivity contribution in [2.24, 2.45) is 10.2 Å². The van der Waals surface area contributed by atoms with E-state index < -0.39 is 5.91 Å². The normalized spacial score (nSPS) is 10.8. The van der Waals surface area contributed by atoms with E-state index in [4.69, 9.17) is 5.26 Å². The molecule has 0 saturated heterocycles. The van der Waals surface area contributed by atoms with E-state index in [9.17, 15) is 9.90 Å². The Hall–Kier alpha value is -3.52. The molecule has 3 aromatic rings. The lowest BCUT2D eigenvalue weighted by molar-refractivity contribution is 0.0995. The Morgan fingerprint density at radius 1 is 1.08 bits per heavy atom. The molecule has 3 rings (SSSR count). The van der Waals surface area contributed by atoms with Crippen LogP contribution in [0.3, 0.4) is 0 Å². The van der Waals surface area contributed by atoms with Gasteiger partial charge >= 0.3 is 0 Å². The van der Waals surface area contributed by atoms with Crippen molar-refractivity contribution in [2.75, 3.05) is 0 Å². The maximum atomic E-state index is 12.1. The minimum Gasteiger partial charge on any atom is -0.507 e. The molecule has 0 atom stereocenters. The van der Waals surface area contributed by atoms with Crippen molar-refractivity contribution in [3.63, 3.8) is 0 Å². The number of amides is 1. The summed E-state index contributed by atoms with van der Waals surface area (Å²) in [7, 11) is 0. The predicted octanol–water partition coefficient (Wildman–Crippen LogP) is 4.65. The fourth-order valence-electron chi connectivity index (χ4n) is 2.40. The van der Waals surface area contributed by atoms with E-state index >= 15 is 0 Å². The van der Waals surface area contributed by atoms with Gasteiger partial charge in [0.25, 0.3) is 5.91 Å². The number of rotatable bonds is 2. The summed E-state index contributed by atoms with van der Waals surface area (Å²) in [5, 5.41) is 28.1. The number of hydrogen-bond acceptors (Lipinski definition) is 4. The summed E-state index contributed by atoms with van der Waals surface area (Å²) in [5.41, 5.74) is 2.01. The molecule has 1 amide bonds. The highest BCUT2D eigenvalue weighted by Gasteiger charge is 2.09. The van der Waals surface area contributed by atoms with Crippen LogP contribution in [0.1, 0.15) is 21.5 Å². The van der Waals surface area contributed by atoms with Crippen molar-refractivity contribution in [3.05, 3.63) is 71.3 Å². The lowest BCUT2D eigenvalue weighted by Crippen LogP contribution is -1.93. The van der Waals surface area contributed by atoms with Gasteiger partial charge in [0.1, 0.15) is 5.75 Å². The maximum Gasteiger partial charge on any atom is 0.295 e. The van der Waals surface area contributed by atoms with Gasteiger partial charge in [0.15, 0.2) is 0 Å². The summed E-state index contributed by atoms with van der Waals surface area (Å²) in [6, 6.07) is 17.1. The Morgan fingerprint density at radius 3 is 2.42 bits per heavy atom. The zero-order valence-electron chi connectivity index (χ0n) is 12.9. The largest absolute Gasteiger partial charge is 0.507 e. The third-order valence-electron chi connectivity index (χ3n) is 3.69. The summed E-state index contributed by atoms with van der Waals surface area (Å²) in [6.45, 7) is 1.77. The molecule has 24 heavy (non-hydrogen) atoms. The van der Waals surface area contributed by atoms with Gasteiger partial charge in [0, 0.05) is 16.3 Å². The molecular weight excluding hydrogens is 302 g/mol. The Balaban J connectivity index is 1.97. The van der Waals surface area contributed by atoms with Crippen molar-refractivity contribution in [2.45, 2.75) is 6.92 Å². The standard InChI is InChI=1S/C19H13N3O2/c1-12-10-17(15-4-2-3-5-16(15)18(12)23)21-22-19(24)14-8-6-13(11-20)7-9-14/h2-10,23H,1H3. The van der Waals surface area contributed by atoms with Gasteiger partial charge in [-0.05, 0) is 42.8 Å². The number of aryl methyl sites for hydroxylation is 1. The zero-order chi connectivity index (χ0) is 17.1. The third-order valence-corrected chi connectivity index (χ3v) is 3.69. The summed E-state index contributed by atoms with van der Waals surface area (Å²) in [6.07, 6.45) is 0. The first-order valence-electron chi connectivity index (χ1n) is 7.27. The quantitative estimate of drug-likeness (QED) is 0.698. The van der Waals surface area contributed by atoms with E-state index in [2.05, 4.69) is 10.2 Å². The maximum absolute atomic E-state index is 12.1. The number of carbonyl (C=O) groups excluding carboxylic acids is 1. The Labute approximate surface area is 138 Å². The van der Waals surface area contributed by atoms with E-state index in [-0.39, 0.29) is 5.75 Å². The lowest BCUT2D eigenvalue weighted by Gasteiger charge is -2.06. The monoisotopic (exact) mass is 315 g/mol. The molecule has 0 aliphatic rings. The van der Waals surface area contributed by atoms with Gasteiger partial charge in [0.05, 0.1) is 17.3 Å². The number of aromatic hydroxyl groups is 1. The number of carbonyl (C=O) groups is 1. The van der Waals surface area contributed by atoms with Crippen LogP contribution in [-0.4, -0.2) is 11.0 Å². The first-order chi connectivity index (χ1) is 11.6. The van der Waals surface area contributed by atoms with Crippen LogP contribution >= 0.6 is 0 Å². The number of fused-ring (bicyclic) bond motifs is 1. The average molecular weight is 315 g/mol. The lowest BCUT2D eigenvalue weighted by atomic mass is 10.0. The molecule has 0 spiro atoms. The molecule has 0 unspecified atom stereocenters. The van der Waals surface area contributed by atoms with Crippen molar-refractivity contribution in [1.82, 2.24) is 0 Å². The van der Waals surface area contributed by atoms with Crippen LogP contribution in [0.25, 0.3) is 10.8 Å². The number of azo groups is 1. The van der Waals surface area contributed by atoms with Crippen LogP contribution < -0.4 is 0 Å².